The minimum Gasteiger partial charge on any atom is -0.506 e. The van der Waals surface area contributed by atoms with Crippen molar-refractivity contribution in [3.63, 3.8) is 0 Å². The molecule has 7 heteroatoms. The Morgan fingerprint density at radius 3 is 2.53 bits per heavy atom. The molecule has 1 aromatic heterocycles. The van der Waals surface area contributed by atoms with E-state index in [1.54, 1.807) is 25.1 Å². The van der Waals surface area contributed by atoms with Crippen molar-refractivity contribution in [2.75, 3.05) is 6.61 Å². The molecule has 3 aromatic rings. The summed E-state index contributed by atoms with van der Waals surface area (Å²) < 4.78 is 10.7. The predicted molar refractivity (Wildman–Crippen MR) is 115 cm³/mol. The van der Waals surface area contributed by atoms with Crippen LogP contribution in [0.15, 0.2) is 67.5 Å². The molecule has 2 aromatic carbocycles. The van der Waals surface area contributed by atoms with Crippen LogP contribution in [0, 0.1) is 6.92 Å². The molecule has 0 atom stereocenters. The summed E-state index contributed by atoms with van der Waals surface area (Å²) in [5.74, 6) is -0.320. The first-order chi connectivity index (χ1) is 14.3. The molecule has 0 unspecified atom stereocenters. The average Bonchev–Trinajstić information content (AvgIpc) is 2.69. The Balaban J connectivity index is 1.91. The molecular formula is C23H22O6S. The van der Waals surface area contributed by atoms with E-state index in [-0.39, 0.29) is 22.3 Å². The summed E-state index contributed by atoms with van der Waals surface area (Å²) in [7, 11) is 0. The minimum absolute atomic E-state index is 0.130. The van der Waals surface area contributed by atoms with Crippen molar-refractivity contribution < 1.29 is 24.2 Å². The second-order valence-corrected chi connectivity index (χ2v) is 8.12. The van der Waals surface area contributed by atoms with Gasteiger partial charge in [-0.1, -0.05) is 43.8 Å². The van der Waals surface area contributed by atoms with Gasteiger partial charge in [0.1, 0.15) is 22.2 Å². The molecule has 0 spiro atoms. The SMILES string of the molecule is Cc1cc(-c2cc(O)c(Sc3ccccc3C(C)C)c(=O)o2)ccc1OCC(=O)O. The van der Waals surface area contributed by atoms with Crippen molar-refractivity contribution in [1.29, 1.82) is 0 Å². The van der Waals surface area contributed by atoms with Crippen LogP contribution in [0.1, 0.15) is 30.9 Å². The van der Waals surface area contributed by atoms with Crippen molar-refractivity contribution in [2.24, 2.45) is 0 Å². The highest BCUT2D eigenvalue weighted by atomic mass is 32.2. The smallest absolute Gasteiger partial charge is 0.354 e. The van der Waals surface area contributed by atoms with Crippen LogP contribution in [-0.2, 0) is 4.79 Å². The van der Waals surface area contributed by atoms with Crippen LogP contribution in [-0.4, -0.2) is 22.8 Å². The monoisotopic (exact) mass is 426 g/mol. The summed E-state index contributed by atoms with van der Waals surface area (Å²) in [6.07, 6.45) is 0. The lowest BCUT2D eigenvalue weighted by molar-refractivity contribution is -0.139. The van der Waals surface area contributed by atoms with Crippen LogP contribution >= 0.6 is 11.8 Å². The number of aliphatic carboxylic acids is 1. The molecule has 1 heterocycles. The Morgan fingerprint density at radius 2 is 1.90 bits per heavy atom. The van der Waals surface area contributed by atoms with Gasteiger partial charge in [-0.25, -0.2) is 9.59 Å². The van der Waals surface area contributed by atoms with Crippen LogP contribution in [0.5, 0.6) is 11.5 Å². The largest absolute Gasteiger partial charge is 0.506 e. The van der Waals surface area contributed by atoms with Gasteiger partial charge in [0.05, 0.1) is 0 Å². The van der Waals surface area contributed by atoms with Crippen molar-refractivity contribution in [3.8, 4) is 22.8 Å². The highest BCUT2D eigenvalue weighted by molar-refractivity contribution is 7.99. The van der Waals surface area contributed by atoms with Crippen molar-refractivity contribution in [3.05, 3.63) is 70.1 Å². The minimum atomic E-state index is -1.07. The van der Waals surface area contributed by atoms with Gasteiger partial charge in [-0.15, -0.1) is 0 Å². The van der Waals surface area contributed by atoms with E-state index in [2.05, 4.69) is 13.8 Å². The fourth-order valence-electron chi connectivity index (χ4n) is 2.97. The summed E-state index contributed by atoms with van der Waals surface area (Å²) in [4.78, 5) is 24.3. The summed E-state index contributed by atoms with van der Waals surface area (Å²) >= 11 is 1.18. The fraction of sp³-hybridized carbons (Fsp3) is 0.217. The number of hydrogen-bond acceptors (Lipinski definition) is 6. The molecule has 0 amide bonds. The molecule has 0 bridgehead atoms. The molecule has 0 saturated heterocycles. The lowest BCUT2D eigenvalue weighted by Gasteiger charge is -2.13. The number of rotatable bonds is 7. The third-order valence-electron chi connectivity index (χ3n) is 4.45. The first-order valence-corrected chi connectivity index (χ1v) is 10.2. The molecule has 30 heavy (non-hydrogen) atoms. The van der Waals surface area contributed by atoms with E-state index >= 15 is 0 Å². The number of aryl methyl sites for hydroxylation is 1. The van der Waals surface area contributed by atoms with E-state index in [1.165, 1.54) is 17.8 Å². The molecular weight excluding hydrogens is 404 g/mol. The number of hydrogen-bond donors (Lipinski definition) is 2. The molecule has 0 radical (unpaired) electrons. The molecule has 0 aliphatic heterocycles. The molecule has 156 valence electrons. The van der Waals surface area contributed by atoms with Crippen LogP contribution in [0.2, 0.25) is 0 Å². The van der Waals surface area contributed by atoms with Gasteiger partial charge in [0, 0.05) is 16.5 Å². The molecule has 2 N–H and O–H groups in total. The molecule has 0 saturated carbocycles. The third kappa shape index (κ3) is 4.86. The van der Waals surface area contributed by atoms with Crippen LogP contribution < -0.4 is 10.4 Å². The zero-order valence-corrected chi connectivity index (χ0v) is 17.7. The second-order valence-electron chi connectivity index (χ2n) is 7.07. The highest BCUT2D eigenvalue weighted by Gasteiger charge is 2.17. The summed E-state index contributed by atoms with van der Waals surface area (Å²) in [6, 6.07) is 14.1. The van der Waals surface area contributed by atoms with Gasteiger partial charge in [-0.2, -0.15) is 0 Å². The van der Waals surface area contributed by atoms with E-state index < -0.39 is 18.2 Å². The van der Waals surface area contributed by atoms with E-state index in [0.29, 0.717) is 16.9 Å². The Hall–Kier alpha value is -3.19. The van der Waals surface area contributed by atoms with Gasteiger partial charge in [0.2, 0.25) is 0 Å². The molecule has 0 fully saturated rings. The van der Waals surface area contributed by atoms with E-state index in [9.17, 15) is 14.7 Å². The van der Waals surface area contributed by atoms with E-state index in [1.807, 2.05) is 24.3 Å². The maximum Gasteiger partial charge on any atom is 0.354 e. The lowest BCUT2D eigenvalue weighted by atomic mass is 10.0. The second kappa shape index (κ2) is 9.09. The maximum absolute atomic E-state index is 12.6. The van der Waals surface area contributed by atoms with Crippen molar-refractivity contribution in [1.82, 2.24) is 0 Å². The number of carbonyl (C=O) groups is 1. The van der Waals surface area contributed by atoms with Gasteiger partial charge < -0.3 is 19.4 Å². The summed E-state index contributed by atoms with van der Waals surface area (Å²) in [5.41, 5.74) is 1.71. The Morgan fingerprint density at radius 1 is 1.17 bits per heavy atom. The van der Waals surface area contributed by atoms with Crippen molar-refractivity contribution in [2.45, 2.75) is 36.5 Å². The van der Waals surface area contributed by atoms with Gasteiger partial charge in [-0.3, -0.25) is 0 Å². The topological polar surface area (TPSA) is 97.0 Å². The van der Waals surface area contributed by atoms with Gasteiger partial charge in [0.25, 0.3) is 0 Å². The zero-order valence-electron chi connectivity index (χ0n) is 16.8. The van der Waals surface area contributed by atoms with Gasteiger partial charge in [0.15, 0.2) is 6.61 Å². The number of aromatic hydroxyl groups is 1. The highest BCUT2D eigenvalue weighted by Crippen LogP contribution is 2.38. The Kier molecular flexibility index (Phi) is 6.52. The Bertz CT molecular complexity index is 1130. The van der Waals surface area contributed by atoms with E-state index in [4.69, 9.17) is 14.3 Å². The molecule has 0 aliphatic carbocycles. The fourth-order valence-corrected chi connectivity index (χ4v) is 4.05. The van der Waals surface area contributed by atoms with Crippen LogP contribution in [0.25, 0.3) is 11.3 Å². The normalized spacial score (nSPS) is 10.9. The third-order valence-corrected chi connectivity index (χ3v) is 5.62. The summed E-state index contributed by atoms with van der Waals surface area (Å²) in [5, 5.41) is 19.3. The summed E-state index contributed by atoms with van der Waals surface area (Å²) in [6.45, 7) is 5.44. The standard InChI is InChI=1S/C23H22O6S/c1-13(2)16-6-4-5-7-20(16)30-22-17(24)11-19(29-23(22)27)15-8-9-18(14(3)10-15)28-12-21(25)26/h4-11,13,24H,12H2,1-3H3,(H,25,26). The first-order valence-electron chi connectivity index (χ1n) is 9.35. The van der Waals surface area contributed by atoms with Crippen LogP contribution in [0.4, 0.5) is 0 Å². The lowest BCUT2D eigenvalue weighted by Crippen LogP contribution is -2.10. The van der Waals surface area contributed by atoms with Gasteiger partial charge >= 0.3 is 11.6 Å². The van der Waals surface area contributed by atoms with Gasteiger partial charge in [-0.05, 0) is 48.2 Å². The number of carboxylic acid groups (broad SMARTS) is 1. The Labute approximate surface area is 178 Å². The first kappa shape index (κ1) is 21.5. The molecule has 3 rings (SSSR count). The van der Waals surface area contributed by atoms with E-state index in [0.717, 1.165) is 10.5 Å². The van der Waals surface area contributed by atoms with Crippen LogP contribution in [0.3, 0.4) is 0 Å². The van der Waals surface area contributed by atoms with Crippen molar-refractivity contribution >= 4 is 17.7 Å². The maximum atomic E-state index is 12.6. The molecule has 0 aliphatic rings. The quantitative estimate of drug-likeness (QED) is 0.545. The number of benzene rings is 2. The number of carboxylic acids is 1. The predicted octanol–water partition coefficient (Wildman–Crippen LogP) is 5.06. The number of ether oxygens (including phenoxy) is 1. The average molecular weight is 426 g/mol. The molecule has 6 nitrogen and oxygen atoms in total. The zero-order chi connectivity index (χ0) is 21.8.